The fraction of sp³-hybridized carbons (Fsp3) is 0. The number of nitrogens with zero attached hydrogens (tertiary/aromatic N) is 2. The molecule has 0 aliphatic carbocycles. The van der Waals surface area contributed by atoms with Crippen LogP contribution in [0.3, 0.4) is 0 Å². The van der Waals surface area contributed by atoms with Crippen molar-refractivity contribution in [3.63, 3.8) is 0 Å². The van der Waals surface area contributed by atoms with E-state index in [4.69, 9.17) is 5.11 Å². The summed E-state index contributed by atoms with van der Waals surface area (Å²) >= 11 is 0. The first-order valence-electron chi connectivity index (χ1n) is 5.92. The molecule has 0 fully saturated rings. The SMILES string of the molecule is O=C(O)c1ccccc1Nc1ccc([N+](=O)[O-])cc1[N+](=O)[O-]. The van der Waals surface area contributed by atoms with Crippen LogP contribution in [-0.4, -0.2) is 20.9 Å². The number of hydrogen-bond donors (Lipinski definition) is 2. The number of non-ortho nitro benzene ring substituents is 1. The highest BCUT2D eigenvalue weighted by Crippen LogP contribution is 2.32. The molecule has 0 bridgehead atoms. The first-order valence-corrected chi connectivity index (χ1v) is 5.92. The first kappa shape index (κ1) is 14.9. The van der Waals surface area contributed by atoms with Crippen LogP contribution in [0, 0.1) is 20.2 Å². The lowest BCUT2D eigenvalue weighted by atomic mass is 10.1. The molecule has 2 aromatic carbocycles. The van der Waals surface area contributed by atoms with Gasteiger partial charge in [0, 0.05) is 6.07 Å². The minimum Gasteiger partial charge on any atom is -0.478 e. The number of benzene rings is 2. The number of para-hydroxylation sites is 1. The Morgan fingerprint density at radius 1 is 1.00 bits per heavy atom. The van der Waals surface area contributed by atoms with Gasteiger partial charge in [0.1, 0.15) is 5.69 Å². The van der Waals surface area contributed by atoms with Crippen molar-refractivity contribution in [2.75, 3.05) is 5.32 Å². The van der Waals surface area contributed by atoms with Crippen LogP contribution in [0.15, 0.2) is 42.5 Å². The maximum Gasteiger partial charge on any atom is 0.337 e. The molecule has 2 rings (SSSR count). The van der Waals surface area contributed by atoms with Crippen molar-refractivity contribution in [2.45, 2.75) is 0 Å². The van der Waals surface area contributed by atoms with Gasteiger partial charge >= 0.3 is 5.97 Å². The average Bonchev–Trinajstić information content (AvgIpc) is 2.47. The summed E-state index contributed by atoms with van der Waals surface area (Å²) in [5.74, 6) is -1.20. The molecule has 0 aliphatic heterocycles. The Morgan fingerprint density at radius 3 is 2.27 bits per heavy atom. The summed E-state index contributed by atoms with van der Waals surface area (Å²) in [6.07, 6.45) is 0. The molecule has 0 spiro atoms. The van der Waals surface area contributed by atoms with E-state index < -0.39 is 27.2 Å². The van der Waals surface area contributed by atoms with Gasteiger partial charge in [-0.1, -0.05) is 12.1 Å². The first-order chi connectivity index (χ1) is 10.4. The lowest BCUT2D eigenvalue weighted by molar-refractivity contribution is -0.393. The maximum absolute atomic E-state index is 11.1. The van der Waals surface area contributed by atoms with E-state index in [1.807, 2.05) is 0 Å². The van der Waals surface area contributed by atoms with E-state index in [-0.39, 0.29) is 16.9 Å². The second kappa shape index (κ2) is 5.87. The van der Waals surface area contributed by atoms with Crippen LogP contribution in [0.5, 0.6) is 0 Å². The fourth-order valence-corrected chi connectivity index (χ4v) is 1.81. The van der Waals surface area contributed by atoms with Crippen molar-refractivity contribution >= 4 is 28.7 Å². The summed E-state index contributed by atoms with van der Waals surface area (Å²) in [5, 5.41) is 33.4. The van der Waals surface area contributed by atoms with Crippen molar-refractivity contribution in [2.24, 2.45) is 0 Å². The van der Waals surface area contributed by atoms with Gasteiger partial charge in [0.15, 0.2) is 0 Å². The Labute approximate surface area is 123 Å². The molecule has 0 radical (unpaired) electrons. The largest absolute Gasteiger partial charge is 0.478 e. The number of anilines is 2. The number of nitro groups is 2. The van der Waals surface area contributed by atoms with Crippen molar-refractivity contribution in [1.29, 1.82) is 0 Å². The Morgan fingerprint density at radius 2 is 1.68 bits per heavy atom. The number of carbonyl (C=O) groups is 1. The third-order valence-corrected chi connectivity index (χ3v) is 2.82. The Hall–Kier alpha value is -3.49. The molecule has 22 heavy (non-hydrogen) atoms. The fourth-order valence-electron chi connectivity index (χ4n) is 1.81. The predicted octanol–water partition coefficient (Wildman–Crippen LogP) is 2.94. The molecule has 2 N–H and O–H groups in total. The standard InChI is InChI=1S/C13H9N3O6/c17-13(18)9-3-1-2-4-10(9)14-11-6-5-8(15(19)20)7-12(11)16(21)22/h1-7,14H,(H,17,18). The van der Waals surface area contributed by atoms with Gasteiger partial charge in [-0.25, -0.2) is 4.79 Å². The number of nitrogens with one attached hydrogen (secondary N) is 1. The highest BCUT2D eigenvalue weighted by atomic mass is 16.6. The molecule has 0 aliphatic rings. The topological polar surface area (TPSA) is 136 Å². The molecule has 0 heterocycles. The zero-order chi connectivity index (χ0) is 16.3. The molecular weight excluding hydrogens is 294 g/mol. The number of carboxylic acid groups (broad SMARTS) is 1. The van der Waals surface area contributed by atoms with Gasteiger partial charge in [0.05, 0.1) is 27.2 Å². The number of carboxylic acids is 1. The van der Waals surface area contributed by atoms with E-state index in [2.05, 4.69) is 5.32 Å². The summed E-state index contributed by atoms with van der Waals surface area (Å²) in [6.45, 7) is 0. The summed E-state index contributed by atoms with van der Waals surface area (Å²) in [6, 6.07) is 8.92. The van der Waals surface area contributed by atoms with Crippen LogP contribution in [0.1, 0.15) is 10.4 Å². The zero-order valence-corrected chi connectivity index (χ0v) is 10.9. The normalized spacial score (nSPS) is 10.0. The van der Waals surface area contributed by atoms with E-state index in [9.17, 15) is 25.0 Å². The molecule has 0 unspecified atom stereocenters. The summed E-state index contributed by atoms with van der Waals surface area (Å²) in [7, 11) is 0. The van der Waals surface area contributed by atoms with E-state index in [0.29, 0.717) is 0 Å². The predicted molar refractivity (Wildman–Crippen MR) is 76.4 cm³/mol. The number of hydrogen-bond acceptors (Lipinski definition) is 6. The molecule has 112 valence electrons. The van der Waals surface area contributed by atoms with Gasteiger partial charge in [-0.3, -0.25) is 20.2 Å². The molecule has 9 heteroatoms. The third kappa shape index (κ3) is 2.98. The van der Waals surface area contributed by atoms with Gasteiger partial charge < -0.3 is 10.4 Å². The molecule has 9 nitrogen and oxygen atoms in total. The van der Waals surface area contributed by atoms with Crippen molar-refractivity contribution < 1.29 is 19.7 Å². The molecule has 0 aromatic heterocycles. The molecule has 0 saturated heterocycles. The highest BCUT2D eigenvalue weighted by molar-refractivity contribution is 5.95. The van der Waals surface area contributed by atoms with Crippen molar-refractivity contribution in [3.05, 3.63) is 68.3 Å². The van der Waals surface area contributed by atoms with E-state index in [1.54, 1.807) is 6.07 Å². The second-order valence-corrected chi connectivity index (χ2v) is 4.19. The Bertz CT molecular complexity index is 774. The summed E-state index contributed by atoms with van der Waals surface area (Å²) in [4.78, 5) is 31.3. The minimum atomic E-state index is -1.20. The van der Waals surface area contributed by atoms with Crippen LogP contribution >= 0.6 is 0 Å². The van der Waals surface area contributed by atoms with Crippen LogP contribution in [-0.2, 0) is 0 Å². The van der Waals surface area contributed by atoms with Crippen molar-refractivity contribution in [3.8, 4) is 0 Å². The Balaban J connectivity index is 2.48. The number of aromatic carboxylic acids is 1. The highest BCUT2D eigenvalue weighted by Gasteiger charge is 2.20. The van der Waals surface area contributed by atoms with E-state index >= 15 is 0 Å². The molecular formula is C13H9N3O6. The van der Waals surface area contributed by atoms with Gasteiger partial charge in [0.2, 0.25) is 0 Å². The molecule has 0 atom stereocenters. The van der Waals surface area contributed by atoms with Gasteiger partial charge in [-0.2, -0.15) is 0 Å². The molecule has 2 aromatic rings. The summed E-state index contributed by atoms with van der Waals surface area (Å²) in [5.41, 5.74) is -0.912. The lowest BCUT2D eigenvalue weighted by Gasteiger charge is -2.09. The lowest BCUT2D eigenvalue weighted by Crippen LogP contribution is -2.04. The van der Waals surface area contributed by atoms with Crippen LogP contribution in [0.2, 0.25) is 0 Å². The van der Waals surface area contributed by atoms with Gasteiger partial charge in [-0.15, -0.1) is 0 Å². The maximum atomic E-state index is 11.1. The van der Waals surface area contributed by atoms with E-state index in [0.717, 1.165) is 18.2 Å². The Kier molecular flexibility index (Phi) is 3.98. The minimum absolute atomic E-state index is 0.0377. The third-order valence-electron chi connectivity index (χ3n) is 2.82. The van der Waals surface area contributed by atoms with Crippen LogP contribution in [0.4, 0.5) is 22.7 Å². The molecule has 0 amide bonds. The van der Waals surface area contributed by atoms with Gasteiger partial charge in [-0.05, 0) is 18.2 Å². The van der Waals surface area contributed by atoms with Crippen LogP contribution < -0.4 is 5.32 Å². The number of nitro benzene ring substituents is 2. The zero-order valence-electron chi connectivity index (χ0n) is 10.9. The smallest absolute Gasteiger partial charge is 0.337 e. The van der Waals surface area contributed by atoms with Crippen LogP contribution in [0.25, 0.3) is 0 Å². The quantitative estimate of drug-likeness (QED) is 0.640. The van der Waals surface area contributed by atoms with Crippen molar-refractivity contribution in [1.82, 2.24) is 0 Å². The average molecular weight is 303 g/mol. The van der Waals surface area contributed by atoms with Gasteiger partial charge in [0.25, 0.3) is 11.4 Å². The van der Waals surface area contributed by atoms with E-state index in [1.165, 1.54) is 18.2 Å². The second-order valence-electron chi connectivity index (χ2n) is 4.19. The number of rotatable bonds is 5. The monoisotopic (exact) mass is 303 g/mol. The molecule has 0 saturated carbocycles. The summed E-state index contributed by atoms with van der Waals surface area (Å²) < 4.78 is 0.